The Morgan fingerprint density at radius 1 is 0.893 bits per heavy atom. The van der Waals surface area contributed by atoms with Gasteiger partial charge in [-0.1, -0.05) is 0 Å². The van der Waals surface area contributed by atoms with Crippen molar-refractivity contribution in [1.29, 1.82) is 0 Å². The molecule has 0 radical (unpaired) electrons. The first-order chi connectivity index (χ1) is 13.5. The first kappa shape index (κ1) is 18.0. The lowest BCUT2D eigenvalue weighted by atomic mass is 9.91. The Morgan fingerprint density at radius 2 is 1.57 bits per heavy atom. The SMILES string of the molecule is COc1cc2cc3c4c(cc(OC)c(OC)c4c2cc1OC)CCN3C(=O)O. The highest BCUT2D eigenvalue weighted by atomic mass is 16.5. The molecule has 7 heteroatoms. The number of hydrogen-bond acceptors (Lipinski definition) is 5. The van der Waals surface area contributed by atoms with E-state index in [1.54, 1.807) is 28.4 Å². The number of carbonyl (C=O) groups is 1. The van der Waals surface area contributed by atoms with Crippen molar-refractivity contribution in [1.82, 2.24) is 0 Å². The molecule has 0 unspecified atom stereocenters. The van der Waals surface area contributed by atoms with Crippen molar-refractivity contribution >= 4 is 33.3 Å². The summed E-state index contributed by atoms with van der Waals surface area (Å²) in [6.45, 7) is 0.381. The van der Waals surface area contributed by atoms with E-state index < -0.39 is 6.09 Å². The second-order valence-corrected chi connectivity index (χ2v) is 6.53. The van der Waals surface area contributed by atoms with Crippen LogP contribution in [0.5, 0.6) is 23.0 Å². The van der Waals surface area contributed by atoms with Gasteiger partial charge in [0.2, 0.25) is 0 Å². The van der Waals surface area contributed by atoms with Gasteiger partial charge in [0.25, 0.3) is 0 Å². The van der Waals surface area contributed by atoms with Crippen molar-refractivity contribution in [2.75, 3.05) is 39.9 Å². The maximum Gasteiger partial charge on any atom is 0.411 e. The topological polar surface area (TPSA) is 77.5 Å². The van der Waals surface area contributed by atoms with Gasteiger partial charge in [-0.15, -0.1) is 0 Å². The van der Waals surface area contributed by atoms with Crippen molar-refractivity contribution in [3.05, 3.63) is 29.8 Å². The van der Waals surface area contributed by atoms with E-state index in [0.717, 1.165) is 27.1 Å². The van der Waals surface area contributed by atoms with Crippen LogP contribution in [0.15, 0.2) is 24.3 Å². The zero-order valence-corrected chi connectivity index (χ0v) is 16.2. The van der Waals surface area contributed by atoms with Crippen LogP contribution in [0.1, 0.15) is 5.56 Å². The molecule has 0 bridgehead atoms. The molecule has 7 nitrogen and oxygen atoms in total. The normalized spacial score (nSPS) is 12.9. The smallest absolute Gasteiger partial charge is 0.411 e. The number of carboxylic acid groups (broad SMARTS) is 1. The largest absolute Gasteiger partial charge is 0.493 e. The third-order valence-corrected chi connectivity index (χ3v) is 5.25. The molecule has 28 heavy (non-hydrogen) atoms. The van der Waals surface area contributed by atoms with Crippen LogP contribution in [0.2, 0.25) is 0 Å². The fourth-order valence-electron chi connectivity index (χ4n) is 4.01. The van der Waals surface area contributed by atoms with E-state index in [9.17, 15) is 9.90 Å². The highest BCUT2D eigenvalue weighted by Crippen LogP contribution is 2.49. The number of anilines is 1. The molecule has 146 valence electrons. The number of hydrogen-bond donors (Lipinski definition) is 1. The number of fused-ring (bicyclic) bond motifs is 2. The van der Waals surface area contributed by atoms with Gasteiger partial charge in [-0.3, -0.25) is 4.90 Å². The maximum atomic E-state index is 11.9. The van der Waals surface area contributed by atoms with Gasteiger partial charge in [-0.2, -0.15) is 0 Å². The zero-order chi connectivity index (χ0) is 20.0. The maximum absolute atomic E-state index is 11.9. The van der Waals surface area contributed by atoms with Crippen LogP contribution in [0, 0.1) is 0 Å². The van der Waals surface area contributed by atoms with Gasteiger partial charge in [0.15, 0.2) is 23.0 Å². The average Bonchev–Trinajstić information content (AvgIpc) is 2.71. The predicted molar refractivity (Wildman–Crippen MR) is 107 cm³/mol. The third kappa shape index (κ3) is 2.46. The summed E-state index contributed by atoms with van der Waals surface area (Å²) in [5, 5.41) is 13.1. The second kappa shape index (κ2) is 6.67. The van der Waals surface area contributed by atoms with E-state index in [-0.39, 0.29) is 0 Å². The van der Waals surface area contributed by atoms with Gasteiger partial charge in [0.1, 0.15) is 0 Å². The molecule has 4 rings (SSSR count). The number of benzene rings is 3. The van der Waals surface area contributed by atoms with Crippen LogP contribution < -0.4 is 23.8 Å². The highest BCUT2D eigenvalue weighted by molar-refractivity contribution is 6.20. The minimum Gasteiger partial charge on any atom is -0.493 e. The van der Waals surface area contributed by atoms with Crippen molar-refractivity contribution in [2.45, 2.75) is 6.42 Å². The fourth-order valence-corrected chi connectivity index (χ4v) is 4.01. The van der Waals surface area contributed by atoms with Gasteiger partial charge in [-0.05, 0) is 47.0 Å². The van der Waals surface area contributed by atoms with Crippen LogP contribution >= 0.6 is 0 Å². The summed E-state index contributed by atoms with van der Waals surface area (Å²) in [6.07, 6.45) is -0.392. The van der Waals surface area contributed by atoms with E-state index in [1.165, 1.54) is 4.90 Å². The summed E-state index contributed by atoms with van der Waals surface area (Å²) in [5.41, 5.74) is 1.65. The predicted octanol–water partition coefficient (Wildman–Crippen LogP) is 4.07. The van der Waals surface area contributed by atoms with E-state index in [1.807, 2.05) is 24.3 Å². The van der Waals surface area contributed by atoms with Crippen molar-refractivity contribution in [2.24, 2.45) is 0 Å². The monoisotopic (exact) mass is 383 g/mol. The highest BCUT2D eigenvalue weighted by Gasteiger charge is 2.28. The summed E-state index contributed by atoms with van der Waals surface area (Å²) in [4.78, 5) is 13.2. The van der Waals surface area contributed by atoms with Crippen molar-refractivity contribution in [3.8, 4) is 23.0 Å². The number of nitrogens with zero attached hydrogens (tertiary/aromatic N) is 1. The van der Waals surface area contributed by atoms with Crippen LogP contribution in [-0.4, -0.2) is 46.2 Å². The lowest BCUT2D eigenvalue weighted by Crippen LogP contribution is -2.34. The molecule has 1 N–H and O–H groups in total. The Hall–Kier alpha value is -3.35. The number of methoxy groups -OCH3 is 4. The molecule has 1 amide bonds. The first-order valence-electron chi connectivity index (χ1n) is 8.80. The van der Waals surface area contributed by atoms with Gasteiger partial charge in [0.05, 0.1) is 34.1 Å². The molecular weight excluding hydrogens is 362 g/mol. The first-order valence-corrected chi connectivity index (χ1v) is 8.80. The van der Waals surface area contributed by atoms with Gasteiger partial charge < -0.3 is 24.1 Å². The molecule has 3 aromatic rings. The summed E-state index contributed by atoms with van der Waals surface area (Å²) in [5.74, 6) is 2.33. The van der Waals surface area contributed by atoms with Crippen molar-refractivity contribution in [3.63, 3.8) is 0 Å². The Morgan fingerprint density at radius 3 is 2.18 bits per heavy atom. The number of rotatable bonds is 4. The summed E-state index contributed by atoms with van der Waals surface area (Å²) < 4.78 is 22.2. The molecule has 0 saturated carbocycles. The average molecular weight is 383 g/mol. The van der Waals surface area contributed by atoms with Gasteiger partial charge >= 0.3 is 6.09 Å². The molecule has 0 spiro atoms. The molecule has 3 aromatic carbocycles. The van der Waals surface area contributed by atoms with E-state index in [2.05, 4.69) is 0 Å². The zero-order valence-electron chi connectivity index (χ0n) is 16.2. The van der Waals surface area contributed by atoms with Gasteiger partial charge in [-0.25, -0.2) is 4.79 Å². The number of ether oxygens (including phenoxy) is 4. The molecule has 0 aliphatic carbocycles. The quantitative estimate of drug-likeness (QED) is 0.685. The molecule has 0 fully saturated rings. The molecule has 0 atom stereocenters. The Labute approximate surface area is 162 Å². The Bertz CT molecular complexity index is 1110. The van der Waals surface area contributed by atoms with Crippen LogP contribution in [0.3, 0.4) is 0 Å². The second-order valence-electron chi connectivity index (χ2n) is 6.53. The van der Waals surface area contributed by atoms with Crippen LogP contribution in [0.25, 0.3) is 21.5 Å². The molecular formula is C21H21NO6. The lowest BCUT2D eigenvalue weighted by Gasteiger charge is -2.29. The van der Waals surface area contributed by atoms with E-state index >= 15 is 0 Å². The lowest BCUT2D eigenvalue weighted by molar-refractivity contribution is 0.202. The van der Waals surface area contributed by atoms with Gasteiger partial charge in [0, 0.05) is 17.3 Å². The third-order valence-electron chi connectivity index (χ3n) is 5.25. The summed E-state index contributed by atoms with van der Waals surface area (Å²) >= 11 is 0. The molecule has 0 aromatic heterocycles. The van der Waals surface area contributed by atoms with Crippen molar-refractivity contribution < 1.29 is 28.8 Å². The summed E-state index contributed by atoms with van der Waals surface area (Å²) in [6, 6.07) is 7.54. The van der Waals surface area contributed by atoms with E-state index in [0.29, 0.717) is 41.7 Å². The minimum absolute atomic E-state index is 0.381. The van der Waals surface area contributed by atoms with E-state index in [4.69, 9.17) is 18.9 Å². The van der Waals surface area contributed by atoms with Crippen LogP contribution in [-0.2, 0) is 6.42 Å². The Kier molecular flexibility index (Phi) is 4.30. The van der Waals surface area contributed by atoms with Crippen LogP contribution in [0.4, 0.5) is 10.5 Å². The molecule has 1 aliphatic heterocycles. The summed E-state index contributed by atoms with van der Waals surface area (Å²) in [7, 11) is 6.33. The fraction of sp³-hybridized carbons (Fsp3) is 0.286. The molecule has 1 heterocycles. The minimum atomic E-state index is -0.985. The Balaban J connectivity index is 2.24. The molecule has 0 saturated heterocycles. The standard InChI is InChI=1S/C21H21NO6/c1-25-15-9-12-7-14-18-11(5-6-22(14)21(23)24)8-17(27-3)20(28-4)19(18)13(12)10-16(15)26-2/h7-10H,5-6H2,1-4H3,(H,23,24). The number of amides is 1. The molecule has 1 aliphatic rings.